The van der Waals surface area contributed by atoms with E-state index in [0.29, 0.717) is 6.04 Å². The van der Waals surface area contributed by atoms with Gasteiger partial charge in [0.2, 0.25) is 0 Å². The summed E-state index contributed by atoms with van der Waals surface area (Å²) in [6.45, 7) is 13.3. The molecule has 108 valence electrons. The van der Waals surface area contributed by atoms with Crippen LogP contribution in [-0.2, 0) is 4.74 Å². The minimum absolute atomic E-state index is 0.252. The Hall–Kier alpha value is -0.120. The van der Waals surface area contributed by atoms with Crippen molar-refractivity contribution in [2.24, 2.45) is 5.92 Å². The van der Waals surface area contributed by atoms with Crippen molar-refractivity contribution in [1.29, 1.82) is 0 Å². The van der Waals surface area contributed by atoms with Crippen LogP contribution in [0.15, 0.2) is 0 Å². The fraction of sp³-hybridized carbons (Fsp3) is 1.00. The summed E-state index contributed by atoms with van der Waals surface area (Å²) >= 11 is 0. The van der Waals surface area contributed by atoms with Gasteiger partial charge in [-0.3, -0.25) is 4.90 Å². The molecule has 0 aliphatic carbocycles. The van der Waals surface area contributed by atoms with Crippen molar-refractivity contribution >= 4 is 0 Å². The second-order valence-corrected chi connectivity index (χ2v) is 5.90. The van der Waals surface area contributed by atoms with E-state index in [-0.39, 0.29) is 5.54 Å². The van der Waals surface area contributed by atoms with Crippen LogP contribution in [0.2, 0.25) is 0 Å². The van der Waals surface area contributed by atoms with Gasteiger partial charge in [0.05, 0.1) is 13.2 Å². The van der Waals surface area contributed by atoms with Crippen LogP contribution in [0.1, 0.15) is 47.0 Å². The molecular formula is C15H32N2O. The number of likely N-dealkylation sites (N-methyl/N-ethyl adjacent to an activating group) is 1. The van der Waals surface area contributed by atoms with E-state index in [4.69, 9.17) is 4.74 Å². The highest BCUT2D eigenvalue weighted by atomic mass is 16.5. The molecule has 0 amide bonds. The first-order valence-corrected chi connectivity index (χ1v) is 7.58. The van der Waals surface area contributed by atoms with Crippen molar-refractivity contribution in [1.82, 2.24) is 10.2 Å². The molecule has 1 fully saturated rings. The highest BCUT2D eigenvalue weighted by Gasteiger charge is 2.38. The third kappa shape index (κ3) is 3.69. The summed E-state index contributed by atoms with van der Waals surface area (Å²) in [6.07, 6.45) is 3.71. The molecule has 1 saturated heterocycles. The summed E-state index contributed by atoms with van der Waals surface area (Å²) in [6, 6.07) is 0.565. The molecule has 3 heteroatoms. The molecular weight excluding hydrogens is 224 g/mol. The third-order valence-corrected chi connectivity index (χ3v) is 4.88. The minimum atomic E-state index is 0.252. The maximum absolute atomic E-state index is 5.49. The largest absolute Gasteiger partial charge is 0.379 e. The highest BCUT2D eigenvalue weighted by molar-refractivity contribution is 4.97. The normalized spacial score (nSPS) is 24.5. The third-order valence-electron chi connectivity index (χ3n) is 4.88. The molecule has 3 atom stereocenters. The van der Waals surface area contributed by atoms with Crippen molar-refractivity contribution in [3.63, 3.8) is 0 Å². The zero-order valence-electron chi connectivity index (χ0n) is 13.0. The van der Waals surface area contributed by atoms with Crippen molar-refractivity contribution in [3.8, 4) is 0 Å². The molecule has 1 rings (SSSR count). The molecule has 1 aliphatic rings. The molecule has 0 bridgehead atoms. The lowest BCUT2D eigenvalue weighted by molar-refractivity contribution is -0.0342. The number of hydrogen-bond acceptors (Lipinski definition) is 3. The first-order chi connectivity index (χ1) is 8.58. The van der Waals surface area contributed by atoms with Gasteiger partial charge >= 0.3 is 0 Å². The zero-order chi connectivity index (χ0) is 13.6. The Kier molecular flexibility index (Phi) is 6.61. The van der Waals surface area contributed by atoms with Crippen LogP contribution in [-0.4, -0.2) is 49.8 Å². The van der Waals surface area contributed by atoms with Crippen LogP contribution in [0.5, 0.6) is 0 Å². The number of hydrogen-bond donors (Lipinski definition) is 1. The number of ether oxygens (including phenoxy) is 1. The van der Waals surface area contributed by atoms with Gasteiger partial charge in [0, 0.05) is 24.7 Å². The Morgan fingerprint density at radius 3 is 2.33 bits per heavy atom. The first-order valence-electron chi connectivity index (χ1n) is 7.58. The fourth-order valence-electron chi connectivity index (χ4n) is 3.02. The second-order valence-electron chi connectivity index (χ2n) is 5.90. The van der Waals surface area contributed by atoms with E-state index in [1.807, 2.05) is 0 Å². The van der Waals surface area contributed by atoms with Crippen molar-refractivity contribution in [2.75, 3.05) is 33.4 Å². The van der Waals surface area contributed by atoms with Crippen LogP contribution in [0.3, 0.4) is 0 Å². The standard InChI is InChI=1S/C15H32N2O/c1-6-13(3)12-14(16-5)15(4,7-2)17-8-10-18-11-9-17/h13-14,16H,6-12H2,1-5H3. The molecule has 3 nitrogen and oxygen atoms in total. The SMILES string of the molecule is CCC(C)CC(NC)C(C)(CC)N1CCOCC1. The lowest BCUT2D eigenvalue weighted by Crippen LogP contribution is -2.61. The van der Waals surface area contributed by atoms with E-state index in [2.05, 4.69) is 45.0 Å². The fourth-order valence-corrected chi connectivity index (χ4v) is 3.02. The molecule has 0 aromatic heterocycles. The Morgan fingerprint density at radius 2 is 1.89 bits per heavy atom. The van der Waals surface area contributed by atoms with Gasteiger partial charge in [0.25, 0.3) is 0 Å². The molecule has 1 aliphatic heterocycles. The molecule has 3 unspecified atom stereocenters. The minimum Gasteiger partial charge on any atom is -0.379 e. The summed E-state index contributed by atoms with van der Waals surface area (Å²) in [7, 11) is 2.11. The van der Waals surface area contributed by atoms with Crippen LogP contribution in [0.25, 0.3) is 0 Å². The summed E-state index contributed by atoms with van der Waals surface area (Å²) in [4.78, 5) is 2.63. The van der Waals surface area contributed by atoms with Gasteiger partial charge in [-0.05, 0) is 32.7 Å². The van der Waals surface area contributed by atoms with E-state index in [0.717, 1.165) is 32.2 Å². The van der Waals surface area contributed by atoms with Crippen molar-refractivity contribution in [3.05, 3.63) is 0 Å². The highest BCUT2D eigenvalue weighted by Crippen LogP contribution is 2.29. The summed E-state index contributed by atoms with van der Waals surface area (Å²) in [5, 5.41) is 3.57. The number of nitrogens with one attached hydrogen (secondary N) is 1. The topological polar surface area (TPSA) is 24.5 Å². The lowest BCUT2D eigenvalue weighted by Gasteiger charge is -2.48. The Bertz CT molecular complexity index is 229. The molecule has 0 saturated carbocycles. The monoisotopic (exact) mass is 256 g/mol. The van der Waals surface area contributed by atoms with Gasteiger partial charge in [0.1, 0.15) is 0 Å². The van der Waals surface area contributed by atoms with Gasteiger partial charge < -0.3 is 10.1 Å². The number of morpholine rings is 1. The van der Waals surface area contributed by atoms with E-state index in [9.17, 15) is 0 Å². The van der Waals surface area contributed by atoms with Crippen molar-refractivity contribution in [2.45, 2.75) is 58.5 Å². The average molecular weight is 256 g/mol. The molecule has 0 radical (unpaired) electrons. The average Bonchev–Trinajstić information content (AvgIpc) is 2.44. The van der Waals surface area contributed by atoms with Gasteiger partial charge in [-0.15, -0.1) is 0 Å². The summed E-state index contributed by atoms with van der Waals surface area (Å²) in [5.41, 5.74) is 0.252. The second kappa shape index (κ2) is 7.46. The Balaban J connectivity index is 2.74. The van der Waals surface area contributed by atoms with Crippen LogP contribution in [0.4, 0.5) is 0 Å². The predicted octanol–water partition coefficient (Wildman–Crippen LogP) is 2.51. The summed E-state index contributed by atoms with van der Waals surface area (Å²) in [5.74, 6) is 0.786. The van der Waals surface area contributed by atoms with Gasteiger partial charge in [-0.2, -0.15) is 0 Å². The Labute approximate surface area is 113 Å². The van der Waals surface area contributed by atoms with Crippen LogP contribution in [0, 0.1) is 5.92 Å². The lowest BCUT2D eigenvalue weighted by atomic mass is 9.81. The van der Waals surface area contributed by atoms with Gasteiger partial charge in [-0.25, -0.2) is 0 Å². The van der Waals surface area contributed by atoms with E-state index < -0.39 is 0 Å². The Morgan fingerprint density at radius 1 is 1.28 bits per heavy atom. The molecule has 0 aromatic carbocycles. The van der Waals surface area contributed by atoms with Crippen LogP contribution < -0.4 is 5.32 Å². The van der Waals surface area contributed by atoms with E-state index in [1.165, 1.54) is 19.3 Å². The van der Waals surface area contributed by atoms with E-state index in [1.54, 1.807) is 0 Å². The maximum Gasteiger partial charge on any atom is 0.0594 e. The summed E-state index contributed by atoms with van der Waals surface area (Å²) < 4.78 is 5.49. The number of nitrogens with zero attached hydrogens (tertiary/aromatic N) is 1. The number of rotatable bonds is 7. The molecule has 18 heavy (non-hydrogen) atoms. The quantitative estimate of drug-likeness (QED) is 0.757. The molecule has 0 spiro atoms. The van der Waals surface area contributed by atoms with Crippen molar-refractivity contribution < 1.29 is 4.74 Å². The van der Waals surface area contributed by atoms with Gasteiger partial charge in [0.15, 0.2) is 0 Å². The van der Waals surface area contributed by atoms with E-state index >= 15 is 0 Å². The maximum atomic E-state index is 5.49. The van der Waals surface area contributed by atoms with Crippen LogP contribution >= 0.6 is 0 Å². The first kappa shape index (κ1) is 15.9. The predicted molar refractivity (Wildman–Crippen MR) is 78.0 cm³/mol. The zero-order valence-corrected chi connectivity index (χ0v) is 13.0. The molecule has 0 aromatic rings. The smallest absolute Gasteiger partial charge is 0.0594 e. The molecule has 1 heterocycles. The molecule has 1 N–H and O–H groups in total. The van der Waals surface area contributed by atoms with Gasteiger partial charge in [-0.1, -0.05) is 27.2 Å².